The van der Waals surface area contributed by atoms with Crippen LogP contribution in [0.25, 0.3) is 0 Å². The van der Waals surface area contributed by atoms with Gasteiger partial charge in [-0.1, -0.05) is 25.4 Å². The lowest BCUT2D eigenvalue weighted by Gasteiger charge is -2.33. The predicted octanol–water partition coefficient (Wildman–Crippen LogP) is 3.07. The number of sulfonamides is 1. The van der Waals surface area contributed by atoms with Crippen LogP contribution in [-0.4, -0.2) is 80.4 Å². The maximum atomic E-state index is 13.1. The van der Waals surface area contributed by atoms with Gasteiger partial charge >= 0.3 is 6.09 Å². The summed E-state index contributed by atoms with van der Waals surface area (Å²) >= 11 is 5.86. The van der Waals surface area contributed by atoms with Crippen molar-refractivity contribution in [1.29, 1.82) is 0 Å². The Morgan fingerprint density at radius 3 is 2.22 bits per heavy atom. The fraction of sp³-hybridized carbons (Fsp3) is 0.636. The monoisotopic (exact) mass is 485 g/mol. The van der Waals surface area contributed by atoms with Crippen LogP contribution in [0.4, 0.5) is 4.79 Å². The molecule has 2 heterocycles. The van der Waals surface area contributed by atoms with E-state index in [1.165, 1.54) is 16.4 Å². The van der Waals surface area contributed by atoms with Crippen LogP contribution in [0.15, 0.2) is 29.2 Å². The highest BCUT2D eigenvalue weighted by atomic mass is 35.5. The fourth-order valence-electron chi connectivity index (χ4n) is 4.01. The molecule has 0 bridgehead atoms. The molecule has 0 radical (unpaired) electrons. The molecular weight excluding hydrogens is 454 g/mol. The predicted molar refractivity (Wildman–Crippen MR) is 122 cm³/mol. The average molecular weight is 486 g/mol. The zero-order valence-corrected chi connectivity index (χ0v) is 20.3. The second-order valence-electron chi connectivity index (χ2n) is 8.77. The number of ether oxygens (including phenoxy) is 1. The van der Waals surface area contributed by atoms with Crippen LogP contribution in [0.1, 0.15) is 33.1 Å². The third-order valence-electron chi connectivity index (χ3n) is 5.86. The zero-order valence-electron chi connectivity index (χ0n) is 18.7. The molecule has 0 unspecified atom stereocenters. The summed E-state index contributed by atoms with van der Waals surface area (Å²) in [6.07, 6.45) is 1.35. The van der Waals surface area contributed by atoms with Crippen molar-refractivity contribution < 1.29 is 22.7 Å². The minimum absolute atomic E-state index is 0.0472. The molecule has 2 fully saturated rings. The number of amides is 2. The smallest absolute Gasteiger partial charge is 0.409 e. The van der Waals surface area contributed by atoms with Gasteiger partial charge in [0.2, 0.25) is 15.9 Å². The van der Waals surface area contributed by atoms with E-state index >= 15 is 0 Å². The van der Waals surface area contributed by atoms with Gasteiger partial charge in [-0.15, -0.1) is 0 Å². The van der Waals surface area contributed by atoms with Gasteiger partial charge in [0.15, 0.2) is 0 Å². The van der Waals surface area contributed by atoms with Crippen LogP contribution in [0.2, 0.25) is 5.02 Å². The number of hydrogen-bond donors (Lipinski definition) is 0. The molecule has 0 aliphatic carbocycles. The Balaban J connectivity index is 1.52. The first-order chi connectivity index (χ1) is 15.2. The van der Waals surface area contributed by atoms with Crippen molar-refractivity contribution in [2.75, 3.05) is 45.9 Å². The SMILES string of the molecule is CC(C)COC(=O)N1CCCN(C(=O)C2CCN(S(=O)(=O)c3ccc(Cl)cc3)CC2)CC1. The van der Waals surface area contributed by atoms with E-state index in [1.54, 1.807) is 17.0 Å². The Hall–Kier alpha value is -1.84. The molecule has 0 atom stereocenters. The standard InChI is InChI=1S/C22H32ClN3O5S/c1-17(2)16-31-22(28)25-11-3-10-24(14-15-25)21(27)18-8-12-26(13-9-18)32(29,30)20-6-4-19(23)5-7-20/h4-7,17-18H,3,8-16H2,1-2H3. The van der Waals surface area contributed by atoms with Crippen LogP contribution in [-0.2, 0) is 19.6 Å². The molecule has 0 saturated carbocycles. The number of piperidine rings is 1. The minimum Gasteiger partial charge on any atom is -0.449 e. The largest absolute Gasteiger partial charge is 0.449 e. The van der Waals surface area contributed by atoms with E-state index < -0.39 is 10.0 Å². The summed E-state index contributed by atoms with van der Waals surface area (Å²) < 4.78 is 32.5. The lowest BCUT2D eigenvalue weighted by molar-refractivity contribution is -0.136. The van der Waals surface area contributed by atoms with E-state index in [0.29, 0.717) is 70.2 Å². The van der Waals surface area contributed by atoms with Crippen molar-refractivity contribution >= 4 is 33.6 Å². The summed E-state index contributed by atoms with van der Waals surface area (Å²) in [5.74, 6) is 0.121. The Kier molecular flexibility index (Phi) is 8.41. The van der Waals surface area contributed by atoms with Gasteiger partial charge in [-0.05, 0) is 49.4 Å². The molecule has 2 aliphatic heterocycles. The van der Waals surface area contributed by atoms with Crippen LogP contribution >= 0.6 is 11.6 Å². The van der Waals surface area contributed by atoms with Crippen molar-refractivity contribution in [3.63, 3.8) is 0 Å². The average Bonchev–Trinajstić information content (AvgIpc) is 3.04. The summed E-state index contributed by atoms with van der Waals surface area (Å²) in [4.78, 5) is 29.0. The molecule has 8 nitrogen and oxygen atoms in total. The van der Waals surface area contributed by atoms with Gasteiger partial charge in [0.05, 0.1) is 11.5 Å². The number of halogens is 1. The summed E-state index contributed by atoms with van der Waals surface area (Å²) in [6.45, 7) is 7.06. The highest BCUT2D eigenvalue weighted by molar-refractivity contribution is 7.89. The zero-order chi connectivity index (χ0) is 23.3. The number of rotatable bonds is 5. The molecule has 0 N–H and O–H groups in total. The van der Waals surface area contributed by atoms with Crippen LogP contribution < -0.4 is 0 Å². The van der Waals surface area contributed by atoms with Gasteiger partial charge in [-0.2, -0.15) is 4.31 Å². The molecule has 2 aliphatic rings. The number of carbonyl (C=O) groups is 2. The molecule has 1 aromatic carbocycles. The molecule has 2 saturated heterocycles. The second-order valence-corrected chi connectivity index (χ2v) is 11.1. The van der Waals surface area contributed by atoms with E-state index in [4.69, 9.17) is 16.3 Å². The van der Waals surface area contributed by atoms with E-state index in [-0.39, 0.29) is 28.7 Å². The Morgan fingerprint density at radius 1 is 1.00 bits per heavy atom. The number of benzene rings is 1. The highest BCUT2D eigenvalue weighted by Crippen LogP contribution is 2.26. The van der Waals surface area contributed by atoms with Crippen LogP contribution in [0, 0.1) is 11.8 Å². The number of nitrogens with zero attached hydrogens (tertiary/aromatic N) is 3. The van der Waals surface area contributed by atoms with Crippen LogP contribution in [0.5, 0.6) is 0 Å². The van der Waals surface area contributed by atoms with Crippen molar-refractivity contribution in [2.24, 2.45) is 11.8 Å². The molecule has 1 aromatic rings. The summed E-state index contributed by atoms with van der Waals surface area (Å²) in [6, 6.07) is 6.13. The molecule has 10 heteroatoms. The fourth-order valence-corrected chi connectivity index (χ4v) is 5.60. The first kappa shape index (κ1) is 24.8. The molecule has 32 heavy (non-hydrogen) atoms. The minimum atomic E-state index is -3.60. The van der Waals surface area contributed by atoms with Crippen molar-refractivity contribution in [3.8, 4) is 0 Å². The van der Waals surface area contributed by atoms with Gasteiger partial charge in [-0.25, -0.2) is 13.2 Å². The third-order valence-corrected chi connectivity index (χ3v) is 8.03. The lowest BCUT2D eigenvalue weighted by Crippen LogP contribution is -2.45. The number of carbonyl (C=O) groups excluding carboxylic acids is 2. The Labute approximate surface area is 195 Å². The molecular formula is C22H32ClN3O5S. The molecule has 3 rings (SSSR count). The normalized spacial score (nSPS) is 19.1. The quantitative estimate of drug-likeness (QED) is 0.639. The maximum absolute atomic E-state index is 13.1. The van der Waals surface area contributed by atoms with E-state index in [2.05, 4.69) is 0 Å². The van der Waals surface area contributed by atoms with E-state index in [0.717, 1.165) is 0 Å². The first-order valence-corrected chi connectivity index (χ1v) is 13.0. The van der Waals surface area contributed by atoms with Gasteiger partial charge in [0.25, 0.3) is 0 Å². The third kappa shape index (κ3) is 6.14. The highest BCUT2D eigenvalue weighted by Gasteiger charge is 2.34. The van der Waals surface area contributed by atoms with Crippen LogP contribution in [0.3, 0.4) is 0 Å². The van der Waals surface area contributed by atoms with Crippen molar-refractivity contribution in [1.82, 2.24) is 14.1 Å². The van der Waals surface area contributed by atoms with Gasteiger partial charge in [0.1, 0.15) is 0 Å². The Morgan fingerprint density at radius 2 is 1.59 bits per heavy atom. The summed E-state index contributed by atoms with van der Waals surface area (Å²) in [5.41, 5.74) is 0. The van der Waals surface area contributed by atoms with Crippen molar-refractivity contribution in [2.45, 2.75) is 38.0 Å². The van der Waals surface area contributed by atoms with Gasteiger partial charge in [0, 0.05) is 50.2 Å². The van der Waals surface area contributed by atoms with Crippen molar-refractivity contribution in [3.05, 3.63) is 29.3 Å². The summed E-state index contributed by atoms with van der Waals surface area (Å²) in [5, 5.41) is 0.484. The van der Waals surface area contributed by atoms with E-state index in [1.807, 2.05) is 18.7 Å². The topological polar surface area (TPSA) is 87.2 Å². The Bertz CT molecular complexity index is 899. The molecule has 0 aromatic heterocycles. The van der Waals surface area contributed by atoms with Gasteiger partial charge < -0.3 is 14.5 Å². The molecule has 0 spiro atoms. The van der Waals surface area contributed by atoms with Gasteiger partial charge in [-0.3, -0.25) is 4.79 Å². The molecule has 178 valence electrons. The number of hydrogen-bond acceptors (Lipinski definition) is 5. The summed E-state index contributed by atoms with van der Waals surface area (Å²) in [7, 11) is -3.60. The molecule has 2 amide bonds. The maximum Gasteiger partial charge on any atom is 0.409 e. The lowest BCUT2D eigenvalue weighted by atomic mass is 9.96. The second kappa shape index (κ2) is 10.9. The first-order valence-electron chi connectivity index (χ1n) is 11.1. The van der Waals surface area contributed by atoms with E-state index in [9.17, 15) is 18.0 Å².